The maximum Gasteiger partial charge on any atom is 0.152 e. The molecule has 3 aliphatic rings. The summed E-state index contributed by atoms with van der Waals surface area (Å²) < 4.78 is 0. The van der Waals surface area contributed by atoms with Gasteiger partial charge in [0, 0.05) is 0 Å². The molecule has 1 saturated carbocycles. The van der Waals surface area contributed by atoms with E-state index in [4.69, 9.17) is 0 Å². The van der Waals surface area contributed by atoms with Gasteiger partial charge in [0.15, 0.2) is 6.71 Å². The second-order valence-corrected chi connectivity index (χ2v) is 8.41. The number of hydrogen-bond donors (Lipinski definition) is 0. The third-order valence-electron chi connectivity index (χ3n) is 6.49. The molecule has 84 valence electrons. The van der Waals surface area contributed by atoms with Crippen LogP contribution in [-0.2, 0) is 0 Å². The van der Waals surface area contributed by atoms with Gasteiger partial charge in [0.05, 0.1) is 0 Å². The summed E-state index contributed by atoms with van der Waals surface area (Å²) >= 11 is 0. The fourth-order valence-electron chi connectivity index (χ4n) is 5.40. The van der Waals surface area contributed by atoms with Crippen molar-refractivity contribution >= 4 is 6.71 Å². The van der Waals surface area contributed by atoms with Gasteiger partial charge in [-0.2, -0.15) is 0 Å². The summed E-state index contributed by atoms with van der Waals surface area (Å²) in [5.41, 5.74) is 1.26. The first-order valence-corrected chi connectivity index (χ1v) is 6.71. The van der Waals surface area contributed by atoms with Gasteiger partial charge in [-0.1, -0.05) is 52.7 Å². The van der Waals surface area contributed by atoms with Crippen LogP contribution in [0.3, 0.4) is 0 Å². The van der Waals surface area contributed by atoms with E-state index in [2.05, 4.69) is 34.6 Å². The van der Waals surface area contributed by atoms with Gasteiger partial charge >= 0.3 is 0 Å². The van der Waals surface area contributed by atoms with E-state index < -0.39 is 0 Å². The maximum atomic E-state index is 2.59. The Bertz CT molecular complexity index is 321. The van der Waals surface area contributed by atoms with Crippen molar-refractivity contribution in [1.82, 2.24) is 0 Å². The summed E-state index contributed by atoms with van der Waals surface area (Å²) in [7, 11) is 0. The molecular formula is C14H25B. The molecule has 0 aromatic heterocycles. The summed E-state index contributed by atoms with van der Waals surface area (Å²) in [6.45, 7) is 13.7. The Labute approximate surface area is 95.3 Å². The lowest BCUT2D eigenvalue weighted by molar-refractivity contribution is 0.163. The quantitative estimate of drug-likeness (QED) is 0.546. The minimum Gasteiger partial charge on any atom is -0.0743 e. The van der Waals surface area contributed by atoms with Crippen LogP contribution in [0.2, 0.25) is 16.9 Å². The van der Waals surface area contributed by atoms with Crippen molar-refractivity contribution in [3.8, 4) is 0 Å². The lowest BCUT2D eigenvalue weighted by Crippen LogP contribution is -2.45. The van der Waals surface area contributed by atoms with Gasteiger partial charge in [0.25, 0.3) is 0 Å². The molecule has 0 radical (unpaired) electrons. The Hall–Kier alpha value is 0.0649. The fourth-order valence-corrected chi connectivity index (χ4v) is 5.40. The third kappa shape index (κ3) is 1.10. The molecule has 3 rings (SSSR count). The van der Waals surface area contributed by atoms with E-state index in [-0.39, 0.29) is 0 Å². The van der Waals surface area contributed by atoms with Crippen molar-refractivity contribution < 1.29 is 0 Å². The van der Waals surface area contributed by atoms with Crippen molar-refractivity contribution in [3.05, 3.63) is 0 Å². The van der Waals surface area contributed by atoms with Crippen molar-refractivity contribution in [1.29, 1.82) is 0 Å². The fraction of sp³-hybridized carbons (Fsp3) is 1.00. The standard InChI is InChI=1S/C14H25B/c1-11(2)6-7-12(3,8-11)14(5)9-13(4)10-15(13)14/h6-10H2,1-5H3. The molecule has 0 aromatic rings. The number of fused-ring (bicyclic) bond motifs is 1. The van der Waals surface area contributed by atoms with Gasteiger partial charge in [-0.25, -0.2) is 0 Å². The van der Waals surface area contributed by atoms with Crippen LogP contribution in [0.5, 0.6) is 0 Å². The maximum absolute atomic E-state index is 2.59. The van der Waals surface area contributed by atoms with E-state index in [1.165, 1.54) is 32.0 Å². The average molecular weight is 204 g/mol. The molecule has 2 heterocycles. The van der Waals surface area contributed by atoms with Crippen LogP contribution < -0.4 is 0 Å². The molecule has 0 nitrogen and oxygen atoms in total. The summed E-state index contributed by atoms with van der Waals surface area (Å²) in [5.74, 6) is 0. The molecular weight excluding hydrogens is 179 g/mol. The Morgan fingerprint density at radius 2 is 1.53 bits per heavy atom. The first-order valence-electron chi connectivity index (χ1n) is 6.71. The Kier molecular flexibility index (Phi) is 1.59. The predicted octanol–water partition coefficient (Wildman–Crippen LogP) is 4.64. The third-order valence-corrected chi connectivity index (χ3v) is 6.49. The predicted molar refractivity (Wildman–Crippen MR) is 67.7 cm³/mol. The highest BCUT2D eigenvalue weighted by Crippen LogP contribution is 2.86. The first kappa shape index (κ1) is 10.2. The zero-order valence-corrected chi connectivity index (χ0v) is 11.1. The molecule has 0 bridgehead atoms. The normalized spacial score (nSPS) is 56.2. The molecule has 3 atom stereocenters. The van der Waals surface area contributed by atoms with Crippen LogP contribution in [0.1, 0.15) is 60.3 Å². The van der Waals surface area contributed by atoms with E-state index in [1.807, 2.05) is 0 Å². The van der Waals surface area contributed by atoms with Crippen molar-refractivity contribution in [3.63, 3.8) is 0 Å². The van der Waals surface area contributed by atoms with Gasteiger partial charge in [0.2, 0.25) is 0 Å². The van der Waals surface area contributed by atoms with Crippen molar-refractivity contribution in [2.24, 2.45) is 10.8 Å². The molecule has 3 unspecified atom stereocenters. The van der Waals surface area contributed by atoms with Gasteiger partial charge < -0.3 is 0 Å². The van der Waals surface area contributed by atoms with Crippen LogP contribution in [-0.4, -0.2) is 6.71 Å². The summed E-state index contributed by atoms with van der Waals surface area (Å²) in [5, 5.41) is 1.47. The van der Waals surface area contributed by atoms with Crippen LogP contribution in [0, 0.1) is 10.8 Å². The highest BCUT2D eigenvalue weighted by atomic mass is 14.6. The zero-order valence-electron chi connectivity index (χ0n) is 11.1. The smallest absolute Gasteiger partial charge is 0.0743 e. The first-order chi connectivity index (χ1) is 6.71. The molecule has 2 aliphatic heterocycles. The molecule has 0 aromatic carbocycles. The van der Waals surface area contributed by atoms with Gasteiger partial charge in [-0.15, -0.1) is 0 Å². The van der Waals surface area contributed by atoms with E-state index in [0.717, 1.165) is 12.0 Å². The lowest BCUT2D eigenvalue weighted by Gasteiger charge is -2.54. The SMILES string of the molecule is CC1(C)CCC(C)(C2(C)CC3(C)CB32)C1. The molecule has 2 saturated heterocycles. The molecule has 0 N–H and O–H groups in total. The number of rotatable bonds is 1. The zero-order chi connectivity index (χ0) is 11.1. The van der Waals surface area contributed by atoms with Crippen LogP contribution in [0.15, 0.2) is 0 Å². The van der Waals surface area contributed by atoms with Crippen LogP contribution in [0.25, 0.3) is 0 Å². The van der Waals surface area contributed by atoms with Crippen molar-refractivity contribution in [2.45, 2.75) is 77.3 Å². The molecule has 15 heavy (non-hydrogen) atoms. The number of hydrogen-bond acceptors (Lipinski definition) is 0. The summed E-state index contributed by atoms with van der Waals surface area (Å²) in [6, 6.07) is 0. The van der Waals surface area contributed by atoms with E-state index in [9.17, 15) is 0 Å². The highest BCUT2D eigenvalue weighted by Gasteiger charge is 2.76. The average Bonchev–Trinajstić information content (AvgIpc) is 2.53. The molecule has 0 spiro atoms. The van der Waals surface area contributed by atoms with Crippen LogP contribution >= 0.6 is 0 Å². The monoisotopic (exact) mass is 204 g/mol. The van der Waals surface area contributed by atoms with Crippen LogP contribution in [0.4, 0.5) is 0 Å². The molecule has 1 aliphatic carbocycles. The summed E-state index contributed by atoms with van der Waals surface area (Å²) in [4.78, 5) is 0. The summed E-state index contributed by atoms with van der Waals surface area (Å²) in [6.07, 6.45) is 7.42. The highest BCUT2D eigenvalue weighted by molar-refractivity contribution is 6.80. The molecule has 3 fully saturated rings. The van der Waals surface area contributed by atoms with Gasteiger partial charge in [-0.05, 0) is 35.4 Å². The van der Waals surface area contributed by atoms with E-state index in [1.54, 1.807) is 0 Å². The second kappa shape index (κ2) is 2.34. The molecule has 0 amide bonds. The Morgan fingerprint density at radius 1 is 0.867 bits per heavy atom. The Balaban J connectivity index is 1.84. The minimum atomic E-state index is 0.610. The Morgan fingerprint density at radius 3 is 1.87 bits per heavy atom. The minimum absolute atomic E-state index is 0.610. The van der Waals surface area contributed by atoms with E-state index >= 15 is 0 Å². The van der Waals surface area contributed by atoms with Crippen molar-refractivity contribution in [2.75, 3.05) is 0 Å². The topological polar surface area (TPSA) is 0 Å². The second-order valence-electron chi connectivity index (χ2n) is 8.41. The van der Waals surface area contributed by atoms with Gasteiger partial charge in [-0.3, -0.25) is 0 Å². The largest absolute Gasteiger partial charge is 0.152 e. The lowest BCUT2D eigenvalue weighted by atomic mass is 9.24. The van der Waals surface area contributed by atoms with E-state index in [0.29, 0.717) is 16.1 Å². The van der Waals surface area contributed by atoms with Gasteiger partial charge in [0.1, 0.15) is 0 Å². The molecule has 1 heteroatoms.